The largest absolute Gasteiger partial charge is 0.353 e. The van der Waals surface area contributed by atoms with Crippen LogP contribution in [0.2, 0.25) is 5.28 Å². The highest BCUT2D eigenvalue weighted by atomic mass is 35.5. The van der Waals surface area contributed by atoms with Crippen LogP contribution in [0.1, 0.15) is 0 Å². The van der Waals surface area contributed by atoms with Crippen molar-refractivity contribution in [3.63, 3.8) is 0 Å². The van der Waals surface area contributed by atoms with E-state index in [1.54, 1.807) is 0 Å². The lowest BCUT2D eigenvalue weighted by Crippen LogP contribution is -2.28. The zero-order valence-electron chi connectivity index (χ0n) is 10.4. The number of hydrogen-bond donors (Lipinski definition) is 2. The lowest BCUT2D eigenvalue weighted by Gasteiger charge is -2.06. The van der Waals surface area contributed by atoms with Crippen LogP contribution in [0, 0.1) is 0 Å². The molecule has 0 radical (unpaired) electrons. The summed E-state index contributed by atoms with van der Waals surface area (Å²) in [6.45, 7) is 0.491. The van der Waals surface area contributed by atoms with Crippen LogP contribution in [-0.4, -0.2) is 57.5 Å². The maximum absolute atomic E-state index is 10.9. The van der Waals surface area contributed by atoms with Crippen molar-refractivity contribution in [2.75, 3.05) is 24.7 Å². The zero-order valence-corrected chi connectivity index (χ0v) is 11.9. The van der Waals surface area contributed by atoms with E-state index in [0.29, 0.717) is 6.54 Å². The molecule has 0 saturated heterocycles. The minimum Gasteiger partial charge on any atom is -0.353 e. The van der Waals surface area contributed by atoms with Crippen LogP contribution in [-0.2, 0) is 10.0 Å². The molecule has 0 aromatic carbocycles. The molecule has 0 amide bonds. The van der Waals surface area contributed by atoms with Gasteiger partial charge < -0.3 is 5.32 Å². The molecule has 0 bridgehead atoms. The highest BCUT2D eigenvalue weighted by molar-refractivity contribution is 7.88. The first-order valence-electron chi connectivity index (χ1n) is 5.39. The Labute approximate surface area is 119 Å². The Hall–Kier alpha value is -1.85. The summed E-state index contributed by atoms with van der Waals surface area (Å²) in [5.41, 5.74) is 0. The standard InChI is InChI=1S/C8H11ClN8O2S/c1-20(18,19)13-3-2-11-7-14-6(9)15-8(16-7)17-5-10-4-12-17/h4-5,13H,2-3H2,1H3,(H,11,14,15,16). The average Bonchev–Trinajstić information content (AvgIpc) is 2.86. The van der Waals surface area contributed by atoms with Crippen molar-refractivity contribution in [1.82, 2.24) is 34.4 Å². The maximum Gasteiger partial charge on any atom is 0.258 e. The smallest absolute Gasteiger partial charge is 0.258 e. The van der Waals surface area contributed by atoms with Gasteiger partial charge in [0, 0.05) is 13.1 Å². The second-order valence-corrected chi connectivity index (χ2v) is 5.83. The summed E-state index contributed by atoms with van der Waals surface area (Å²) in [4.78, 5) is 15.6. The lowest BCUT2D eigenvalue weighted by molar-refractivity contribution is 0.589. The predicted molar refractivity (Wildman–Crippen MR) is 71.1 cm³/mol. The van der Waals surface area contributed by atoms with Crippen LogP contribution in [0.15, 0.2) is 12.7 Å². The monoisotopic (exact) mass is 318 g/mol. The predicted octanol–water partition coefficient (Wildman–Crippen LogP) is -0.933. The Bertz CT molecular complexity index is 674. The van der Waals surface area contributed by atoms with E-state index in [-0.39, 0.29) is 23.7 Å². The summed E-state index contributed by atoms with van der Waals surface area (Å²) in [6, 6.07) is 0. The summed E-state index contributed by atoms with van der Waals surface area (Å²) in [5, 5.41) is 6.69. The molecule has 2 aromatic heterocycles. The van der Waals surface area contributed by atoms with Crippen molar-refractivity contribution in [3.8, 4) is 5.95 Å². The Kier molecular flexibility index (Phi) is 4.42. The average molecular weight is 319 g/mol. The van der Waals surface area contributed by atoms with Crippen molar-refractivity contribution in [1.29, 1.82) is 0 Å². The third-order valence-corrected chi connectivity index (χ3v) is 2.89. The van der Waals surface area contributed by atoms with Gasteiger partial charge in [0.15, 0.2) is 0 Å². The molecule has 0 fully saturated rings. The summed E-state index contributed by atoms with van der Waals surface area (Å²) < 4.78 is 25.4. The Morgan fingerprint density at radius 1 is 1.30 bits per heavy atom. The molecule has 0 aliphatic rings. The van der Waals surface area contributed by atoms with E-state index < -0.39 is 10.0 Å². The van der Waals surface area contributed by atoms with Gasteiger partial charge >= 0.3 is 0 Å². The molecular weight excluding hydrogens is 308 g/mol. The number of sulfonamides is 1. The highest BCUT2D eigenvalue weighted by Gasteiger charge is 2.07. The van der Waals surface area contributed by atoms with E-state index in [1.165, 1.54) is 17.3 Å². The molecule has 0 atom stereocenters. The van der Waals surface area contributed by atoms with Gasteiger partial charge in [-0.25, -0.2) is 18.1 Å². The fourth-order valence-corrected chi connectivity index (χ4v) is 1.87. The number of rotatable bonds is 6. The van der Waals surface area contributed by atoms with E-state index in [1.807, 2.05) is 0 Å². The second-order valence-electron chi connectivity index (χ2n) is 3.66. The third kappa shape index (κ3) is 4.36. The molecule has 10 nitrogen and oxygen atoms in total. The van der Waals surface area contributed by atoms with Gasteiger partial charge in [0.1, 0.15) is 12.7 Å². The first kappa shape index (κ1) is 14.6. The normalized spacial score (nSPS) is 11.5. The number of halogens is 1. The fourth-order valence-electron chi connectivity index (χ4n) is 1.24. The molecule has 2 aromatic rings. The Morgan fingerprint density at radius 3 is 2.75 bits per heavy atom. The molecule has 0 aliphatic carbocycles. The van der Waals surface area contributed by atoms with Gasteiger partial charge in [-0.05, 0) is 11.6 Å². The van der Waals surface area contributed by atoms with Gasteiger partial charge in [-0.2, -0.15) is 24.7 Å². The molecule has 108 valence electrons. The van der Waals surface area contributed by atoms with E-state index >= 15 is 0 Å². The molecule has 0 unspecified atom stereocenters. The minimum absolute atomic E-state index is 0.0101. The lowest BCUT2D eigenvalue weighted by atomic mass is 10.6. The number of nitrogens with one attached hydrogen (secondary N) is 2. The van der Waals surface area contributed by atoms with Gasteiger partial charge in [0.25, 0.3) is 5.95 Å². The molecule has 0 aliphatic heterocycles. The van der Waals surface area contributed by atoms with Crippen molar-refractivity contribution in [2.24, 2.45) is 0 Å². The van der Waals surface area contributed by atoms with Gasteiger partial charge in [-0.1, -0.05) is 0 Å². The van der Waals surface area contributed by atoms with E-state index in [2.05, 4.69) is 35.1 Å². The molecule has 2 N–H and O–H groups in total. The van der Waals surface area contributed by atoms with Crippen molar-refractivity contribution >= 4 is 27.6 Å². The molecule has 2 heterocycles. The summed E-state index contributed by atoms with van der Waals surface area (Å²) >= 11 is 5.78. The first-order valence-corrected chi connectivity index (χ1v) is 7.66. The summed E-state index contributed by atoms with van der Waals surface area (Å²) in [7, 11) is -3.22. The highest BCUT2D eigenvalue weighted by Crippen LogP contribution is 2.07. The molecule has 0 saturated carbocycles. The maximum atomic E-state index is 10.9. The van der Waals surface area contributed by atoms with Crippen LogP contribution in [0.4, 0.5) is 5.95 Å². The number of hydrogen-bond acceptors (Lipinski definition) is 8. The van der Waals surface area contributed by atoms with Gasteiger partial charge in [0.2, 0.25) is 21.3 Å². The van der Waals surface area contributed by atoms with Crippen LogP contribution in [0.5, 0.6) is 0 Å². The minimum atomic E-state index is -3.22. The van der Waals surface area contributed by atoms with Crippen molar-refractivity contribution in [3.05, 3.63) is 17.9 Å². The number of anilines is 1. The molecule has 12 heteroatoms. The quantitative estimate of drug-likeness (QED) is 0.654. The van der Waals surface area contributed by atoms with Crippen molar-refractivity contribution < 1.29 is 8.42 Å². The van der Waals surface area contributed by atoms with Crippen LogP contribution in [0.3, 0.4) is 0 Å². The fraction of sp³-hybridized carbons (Fsp3) is 0.375. The van der Waals surface area contributed by atoms with E-state index in [9.17, 15) is 8.42 Å². The van der Waals surface area contributed by atoms with Crippen LogP contribution in [0.25, 0.3) is 5.95 Å². The van der Waals surface area contributed by atoms with Crippen molar-refractivity contribution in [2.45, 2.75) is 0 Å². The van der Waals surface area contributed by atoms with Gasteiger partial charge in [0.05, 0.1) is 6.26 Å². The molecule has 20 heavy (non-hydrogen) atoms. The topological polar surface area (TPSA) is 128 Å². The molecule has 2 rings (SSSR count). The van der Waals surface area contributed by atoms with Crippen LogP contribution < -0.4 is 10.0 Å². The summed E-state index contributed by atoms with van der Waals surface area (Å²) in [6.07, 6.45) is 3.83. The number of nitrogens with zero attached hydrogens (tertiary/aromatic N) is 6. The van der Waals surface area contributed by atoms with E-state index in [4.69, 9.17) is 11.6 Å². The Balaban J connectivity index is 2.02. The summed E-state index contributed by atoms with van der Waals surface area (Å²) in [5.74, 6) is 0.423. The van der Waals surface area contributed by atoms with Gasteiger partial charge in [-0.15, -0.1) is 0 Å². The SMILES string of the molecule is CS(=O)(=O)NCCNc1nc(Cl)nc(-n2cncn2)n1. The molecular formula is C8H11ClN8O2S. The van der Waals surface area contributed by atoms with E-state index in [0.717, 1.165) is 6.26 Å². The zero-order chi connectivity index (χ0) is 14.6. The second kappa shape index (κ2) is 6.07. The third-order valence-electron chi connectivity index (χ3n) is 1.99. The Morgan fingerprint density at radius 2 is 2.10 bits per heavy atom. The molecule has 0 spiro atoms. The van der Waals surface area contributed by atoms with Crippen LogP contribution >= 0.6 is 11.6 Å². The number of aromatic nitrogens is 6. The van der Waals surface area contributed by atoms with Gasteiger partial charge in [-0.3, -0.25) is 0 Å². The first-order chi connectivity index (χ1) is 9.44.